The number of carbonyl (C=O) groups is 2. The van der Waals surface area contributed by atoms with Crippen molar-refractivity contribution in [3.8, 4) is 11.1 Å². The van der Waals surface area contributed by atoms with Gasteiger partial charge in [0.05, 0.1) is 11.4 Å². The fraction of sp³-hybridized carbons (Fsp3) is 0.231. The molecule has 3 aromatic carbocycles. The summed E-state index contributed by atoms with van der Waals surface area (Å²) in [5.41, 5.74) is 4.97. The molecule has 0 radical (unpaired) electrons. The third-order valence-electron chi connectivity index (χ3n) is 6.04. The lowest BCUT2D eigenvalue weighted by molar-refractivity contribution is -0.138. The Morgan fingerprint density at radius 3 is 2.24 bits per heavy atom. The number of hydrogen-bond donors (Lipinski definition) is 1. The zero-order valence-corrected chi connectivity index (χ0v) is 18.8. The number of rotatable bonds is 7. The number of aliphatic carboxylic acids is 1. The maximum Gasteiger partial charge on any atom is 0.409 e. The smallest absolute Gasteiger partial charge is 0.409 e. The van der Waals surface area contributed by atoms with Crippen molar-refractivity contribution in [3.05, 3.63) is 94.3 Å². The van der Waals surface area contributed by atoms with E-state index in [1.165, 1.54) is 24.1 Å². The van der Waals surface area contributed by atoms with Crippen LogP contribution in [-0.2, 0) is 16.0 Å². The molecule has 1 N–H and O–H groups in total. The molecule has 1 unspecified atom stereocenters. The Morgan fingerprint density at radius 2 is 1.67 bits per heavy atom. The molecule has 7 heteroatoms. The maximum atomic E-state index is 13.8. The molecule has 1 aliphatic carbocycles. The van der Waals surface area contributed by atoms with Gasteiger partial charge in [0.25, 0.3) is 0 Å². The first-order valence-electron chi connectivity index (χ1n) is 10.6. The molecule has 0 bridgehead atoms. The third kappa shape index (κ3) is 4.86. The number of hydrogen-bond acceptors (Lipinski definition) is 3. The summed E-state index contributed by atoms with van der Waals surface area (Å²) in [4.78, 5) is 25.6. The van der Waals surface area contributed by atoms with Crippen molar-refractivity contribution in [3.63, 3.8) is 0 Å². The van der Waals surface area contributed by atoms with Gasteiger partial charge in [-0.25, -0.2) is 9.18 Å². The van der Waals surface area contributed by atoms with Crippen molar-refractivity contribution >= 4 is 23.7 Å². The first kappa shape index (κ1) is 22.8. The van der Waals surface area contributed by atoms with Gasteiger partial charge in [0.15, 0.2) is 0 Å². The van der Waals surface area contributed by atoms with Crippen LogP contribution in [0.3, 0.4) is 0 Å². The first-order valence-corrected chi connectivity index (χ1v) is 11.0. The maximum absolute atomic E-state index is 13.8. The van der Waals surface area contributed by atoms with Crippen LogP contribution in [0.2, 0.25) is 5.02 Å². The Balaban J connectivity index is 1.48. The average molecular weight is 468 g/mol. The summed E-state index contributed by atoms with van der Waals surface area (Å²) in [5.74, 6) is -1.75. The number of carbonyl (C=O) groups excluding carboxylic acids is 1. The van der Waals surface area contributed by atoms with Crippen molar-refractivity contribution < 1.29 is 23.8 Å². The zero-order valence-electron chi connectivity index (χ0n) is 18.0. The quantitative estimate of drug-likeness (QED) is 0.480. The van der Waals surface area contributed by atoms with E-state index in [9.17, 15) is 19.1 Å². The number of likely N-dealkylation sites (N-methyl/N-ethyl adjacent to an activating group) is 1. The van der Waals surface area contributed by atoms with Crippen LogP contribution in [0.15, 0.2) is 66.7 Å². The van der Waals surface area contributed by atoms with Gasteiger partial charge in [0, 0.05) is 19.0 Å². The molecule has 0 heterocycles. The minimum atomic E-state index is -1.06. The van der Waals surface area contributed by atoms with Gasteiger partial charge in [0.1, 0.15) is 12.4 Å². The van der Waals surface area contributed by atoms with Crippen LogP contribution < -0.4 is 0 Å². The molecular formula is C26H23ClFNO4. The summed E-state index contributed by atoms with van der Waals surface area (Å²) < 4.78 is 19.5. The summed E-state index contributed by atoms with van der Waals surface area (Å²) in [6, 6.07) is 19.6. The fourth-order valence-corrected chi connectivity index (χ4v) is 4.45. The van der Waals surface area contributed by atoms with E-state index in [2.05, 4.69) is 12.1 Å². The van der Waals surface area contributed by atoms with E-state index in [1.54, 1.807) is 6.07 Å². The van der Waals surface area contributed by atoms with Crippen LogP contribution in [0.5, 0.6) is 0 Å². The van der Waals surface area contributed by atoms with Crippen molar-refractivity contribution in [1.82, 2.24) is 4.90 Å². The molecule has 4 rings (SSSR count). The predicted molar refractivity (Wildman–Crippen MR) is 124 cm³/mol. The van der Waals surface area contributed by atoms with E-state index in [0.717, 1.165) is 22.3 Å². The van der Waals surface area contributed by atoms with Crippen LogP contribution in [0.1, 0.15) is 29.0 Å². The Bertz CT molecular complexity index is 1150. The summed E-state index contributed by atoms with van der Waals surface area (Å²) in [6.07, 6.45) is -0.774. The Morgan fingerprint density at radius 1 is 1.06 bits per heavy atom. The highest BCUT2D eigenvalue weighted by atomic mass is 35.5. The number of fused-ring (bicyclic) bond motifs is 3. The van der Waals surface area contributed by atoms with E-state index in [-0.39, 0.29) is 30.4 Å². The first-order chi connectivity index (χ1) is 15.8. The summed E-state index contributed by atoms with van der Waals surface area (Å²) in [7, 11) is 1.50. The lowest BCUT2D eigenvalue weighted by Crippen LogP contribution is -2.40. The van der Waals surface area contributed by atoms with Crippen LogP contribution in [0.4, 0.5) is 9.18 Å². The van der Waals surface area contributed by atoms with Crippen LogP contribution in [0.25, 0.3) is 11.1 Å². The van der Waals surface area contributed by atoms with E-state index >= 15 is 0 Å². The van der Waals surface area contributed by atoms with Gasteiger partial charge in [-0.15, -0.1) is 0 Å². The van der Waals surface area contributed by atoms with Gasteiger partial charge < -0.3 is 14.7 Å². The second-order valence-electron chi connectivity index (χ2n) is 8.12. The Hall–Kier alpha value is -3.38. The van der Waals surface area contributed by atoms with Crippen molar-refractivity contribution in [2.75, 3.05) is 13.7 Å². The molecule has 0 saturated heterocycles. The van der Waals surface area contributed by atoms with Gasteiger partial charge >= 0.3 is 12.1 Å². The van der Waals surface area contributed by atoms with Crippen LogP contribution in [0, 0.1) is 5.82 Å². The largest absolute Gasteiger partial charge is 0.481 e. The van der Waals surface area contributed by atoms with Gasteiger partial charge in [0.2, 0.25) is 0 Å². The monoisotopic (exact) mass is 467 g/mol. The minimum absolute atomic E-state index is 0.0153. The molecule has 5 nitrogen and oxygen atoms in total. The van der Waals surface area contributed by atoms with Gasteiger partial charge in [-0.05, 0) is 46.4 Å². The molecule has 170 valence electrons. The highest BCUT2D eigenvalue weighted by molar-refractivity contribution is 6.30. The number of nitrogens with zero attached hydrogens (tertiary/aromatic N) is 1. The van der Waals surface area contributed by atoms with Crippen molar-refractivity contribution in [2.45, 2.75) is 24.8 Å². The molecule has 0 saturated carbocycles. The van der Waals surface area contributed by atoms with Crippen LogP contribution >= 0.6 is 11.6 Å². The molecule has 33 heavy (non-hydrogen) atoms. The molecule has 0 spiro atoms. The molecule has 0 fully saturated rings. The highest BCUT2D eigenvalue weighted by Gasteiger charge is 2.30. The lowest BCUT2D eigenvalue weighted by Gasteiger charge is -2.27. The van der Waals surface area contributed by atoms with E-state index in [1.807, 2.05) is 36.4 Å². The Kier molecular flexibility index (Phi) is 6.65. The zero-order chi connectivity index (χ0) is 23.5. The molecular weight excluding hydrogens is 445 g/mol. The Labute approximate surface area is 196 Å². The summed E-state index contributed by atoms with van der Waals surface area (Å²) in [6.45, 7) is 0.132. The van der Waals surface area contributed by atoms with Gasteiger partial charge in [-0.2, -0.15) is 0 Å². The molecule has 1 aliphatic rings. The second-order valence-corrected chi connectivity index (χ2v) is 8.53. The van der Waals surface area contributed by atoms with E-state index in [4.69, 9.17) is 16.3 Å². The number of halogens is 2. The standard InChI is InChI=1S/C26H23ClFNO4/c1-29(17(14-25(30)31)12-16-10-11-23(27)24(28)13-16)26(32)33-15-22-20-8-4-2-6-18(20)19-7-3-5-9-21(19)22/h2-11,13,17,22H,12,14-15H2,1H3,(H,30,31). The molecule has 0 aromatic heterocycles. The number of carboxylic acids is 1. The van der Waals surface area contributed by atoms with Gasteiger partial charge in [-0.1, -0.05) is 66.2 Å². The highest BCUT2D eigenvalue weighted by Crippen LogP contribution is 2.44. The average Bonchev–Trinajstić information content (AvgIpc) is 3.12. The second kappa shape index (κ2) is 9.63. The fourth-order valence-electron chi connectivity index (χ4n) is 4.33. The number of amides is 1. The van der Waals surface area contributed by atoms with Crippen molar-refractivity contribution in [2.24, 2.45) is 0 Å². The third-order valence-corrected chi connectivity index (χ3v) is 6.34. The number of benzene rings is 3. The number of carboxylic acid groups (broad SMARTS) is 1. The van der Waals surface area contributed by atoms with Gasteiger partial charge in [-0.3, -0.25) is 4.79 Å². The topological polar surface area (TPSA) is 66.8 Å². The molecule has 3 aromatic rings. The van der Waals surface area contributed by atoms with E-state index < -0.39 is 23.9 Å². The molecule has 0 aliphatic heterocycles. The lowest BCUT2D eigenvalue weighted by atomic mass is 9.98. The predicted octanol–water partition coefficient (Wildman–Crippen LogP) is 5.75. The normalized spacial score (nSPS) is 13.2. The van der Waals surface area contributed by atoms with Crippen molar-refractivity contribution in [1.29, 1.82) is 0 Å². The molecule has 1 amide bonds. The SMILES string of the molecule is CN(C(=O)OCC1c2ccccc2-c2ccccc21)C(CC(=O)O)Cc1ccc(Cl)c(F)c1. The minimum Gasteiger partial charge on any atom is -0.481 e. The van der Waals surface area contributed by atoms with E-state index in [0.29, 0.717) is 5.56 Å². The van der Waals surface area contributed by atoms with Crippen LogP contribution in [-0.4, -0.2) is 41.8 Å². The summed E-state index contributed by atoms with van der Waals surface area (Å²) in [5, 5.41) is 9.32. The molecule has 1 atom stereocenters. The number of ether oxygens (including phenoxy) is 1. The summed E-state index contributed by atoms with van der Waals surface area (Å²) >= 11 is 5.74.